The van der Waals surface area contributed by atoms with E-state index in [1.165, 1.54) is 153 Å². The minimum Gasteiger partial charge on any atom is -0.307 e. The molecule has 0 fully saturated rings. The van der Waals surface area contributed by atoms with Gasteiger partial charge in [0.15, 0.2) is 0 Å². The smallest absolute Gasteiger partial charge is 0.0998 e. The van der Waals surface area contributed by atoms with E-state index in [1.807, 2.05) is 0 Å². The first-order valence-electron chi connectivity index (χ1n) is 46.1. The summed E-state index contributed by atoms with van der Waals surface area (Å²) in [5, 5.41) is 46.7. The normalized spacial score (nSPS) is 11.6. The van der Waals surface area contributed by atoms with Crippen LogP contribution in [0.1, 0.15) is 94.6 Å². The maximum absolute atomic E-state index is 10.8. The van der Waals surface area contributed by atoms with Crippen LogP contribution in [0.5, 0.6) is 0 Å². The lowest BCUT2D eigenvalue weighted by atomic mass is 9.93. The highest BCUT2D eigenvalue weighted by Gasteiger charge is 2.30. The molecule has 134 heavy (non-hydrogen) atoms. The molecule has 0 amide bonds. The van der Waals surface area contributed by atoms with Gasteiger partial charge in [-0.1, -0.05) is 278 Å². The van der Waals surface area contributed by atoms with E-state index in [9.17, 15) is 15.8 Å². The molecule has 24 rings (SSSR count). The lowest BCUT2D eigenvalue weighted by Gasteiger charge is -2.21. The van der Waals surface area contributed by atoms with Gasteiger partial charge in [0.1, 0.15) is 0 Å². The average Bonchev–Trinajstić information content (AvgIpc) is 1.55. The second-order valence-corrected chi connectivity index (χ2v) is 36.9. The largest absolute Gasteiger partial charge is 0.307 e. The number of rotatable bonds is 9. The summed E-state index contributed by atoms with van der Waals surface area (Å²) >= 11 is 0. The van der Waals surface area contributed by atoms with Crippen molar-refractivity contribution in [1.82, 2.24) is 27.4 Å². The van der Waals surface area contributed by atoms with E-state index in [4.69, 9.17) is 0 Å². The summed E-state index contributed by atoms with van der Waals surface area (Å²) in [6, 6.07) is 128. The Bertz CT molecular complexity index is 9170. The molecule has 24 aromatic rings. The molecule has 0 saturated heterocycles. The van der Waals surface area contributed by atoms with Crippen molar-refractivity contribution in [2.75, 3.05) is 0 Å². The molecule has 0 aliphatic heterocycles. The molecule has 9 nitrogen and oxygen atoms in total. The molecule has 0 radical (unpaired) electrons. The van der Waals surface area contributed by atoms with Crippen LogP contribution < -0.4 is 0 Å². The summed E-state index contributed by atoms with van der Waals surface area (Å²) in [5.41, 5.74) is 44.8. The Labute approximate surface area is 779 Å². The van der Waals surface area contributed by atoms with Crippen LogP contribution in [0.4, 0.5) is 0 Å². The number of para-hydroxylation sites is 10. The molecular weight excluding hydrogens is 1630 g/mol. The van der Waals surface area contributed by atoms with Gasteiger partial charge in [0, 0.05) is 81.3 Å². The zero-order valence-electron chi connectivity index (χ0n) is 77.8. The fourth-order valence-electron chi connectivity index (χ4n) is 22.1. The number of nitriles is 3. The van der Waals surface area contributed by atoms with Gasteiger partial charge in [0.25, 0.3) is 0 Å². The van der Waals surface area contributed by atoms with Crippen molar-refractivity contribution in [2.24, 2.45) is 0 Å². The first kappa shape index (κ1) is 82.9. The SMILES string of the molecule is Cc1ccc(-c2cc(-n3c4c(C)cccc4c4cccc(C)c43)c(-n3c4c(C)cccc4c4cccc(C)c43)cc2C#N)c(C)c1.Cc1ccc(-c2cc(-n3c4ccccc4c4ccc(C)cc43)c(-n3c4ccccc4c4ccc(C)cc43)cc2C#N)c(C)c1.Cc1ccc(-c2cc(-n3c4ccccc4c4cccc(C)c43)c(-n3c4ccccc4c4cccc(C)c43)cc2C#N)c(C)c1. The zero-order chi connectivity index (χ0) is 92.1. The Morgan fingerprint density at radius 2 is 0.366 bits per heavy atom. The number of aryl methyl sites for hydroxylation is 14. The number of benzene rings is 18. The summed E-state index contributed by atoms with van der Waals surface area (Å²) in [4.78, 5) is 0. The molecule has 9 heteroatoms. The molecule has 0 aliphatic rings. The van der Waals surface area contributed by atoms with E-state index >= 15 is 0 Å². The quantitative estimate of drug-likeness (QED) is 0.144. The van der Waals surface area contributed by atoms with Crippen molar-refractivity contribution < 1.29 is 0 Å². The summed E-state index contributed by atoms with van der Waals surface area (Å²) in [6.45, 7) is 30.2. The number of aromatic nitrogens is 6. The standard InChI is InChI=1S/C43H35N3.2C41H31N3/c1-25-19-20-32(30(6)21-25)37-23-39(46-42-28(4)13-9-17-35(42)36-18-10-14-29(5)43(36)46)38(22-31(37)24-44)45-40-26(2)11-7-15-33(40)34-16-8-12-27(3)41(34)45;1-25-19-20-30(28(4)21-25)35-23-39(44-37-18-8-6-14-32(37)34-16-10-12-27(3)41(34)44)38(22-29(35)24-42)43-36-17-7-5-13-31(36)33-15-9-11-26(2)40(33)43;1-25-13-16-30(28(4)19-25)35-23-41(44-37-12-8-6-10-32(37)34-18-15-27(3)21-39(34)44)40(22-29(35)24-42)43-36-11-7-5-9-31(36)33-17-14-26(2)20-38(33)43/h7-23H,1-6H3;2*5-23H,1-4H3. The van der Waals surface area contributed by atoms with Gasteiger partial charge in [-0.3, -0.25) is 0 Å². The van der Waals surface area contributed by atoms with Crippen LogP contribution in [0.25, 0.3) is 198 Å². The van der Waals surface area contributed by atoms with Crippen LogP contribution in [0, 0.1) is 131 Å². The Balaban J connectivity index is 0.000000117. The van der Waals surface area contributed by atoms with E-state index < -0.39 is 0 Å². The first-order valence-corrected chi connectivity index (χ1v) is 46.1. The van der Waals surface area contributed by atoms with Crippen LogP contribution in [0.3, 0.4) is 0 Å². The predicted octanol–water partition coefficient (Wildman–Crippen LogP) is 32.6. The molecule has 642 valence electrons. The highest BCUT2D eigenvalue weighted by atomic mass is 15.1. The highest BCUT2D eigenvalue weighted by Crippen LogP contribution is 2.49. The number of nitrogens with zero attached hydrogens (tertiary/aromatic N) is 9. The van der Waals surface area contributed by atoms with Crippen molar-refractivity contribution in [2.45, 2.75) is 96.9 Å². The van der Waals surface area contributed by atoms with Crippen molar-refractivity contribution in [1.29, 1.82) is 15.8 Å². The van der Waals surface area contributed by atoms with Crippen LogP contribution in [-0.2, 0) is 0 Å². The van der Waals surface area contributed by atoms with Gasteiger partial charge in [-0.05, 0) is 248 Å². The molecule has 0 N–H and O–H groups in total. The fourth-order valence-corrected chi connectivity index (χ4v) is 22.1. The van der Waals surface area contributed by atoms with E-state index in [1.54, 1.807) is 0 Å². The summed E-state index contributed by atoms with van der Waals surface area (Å²) < 4.78 is 14.4. The molecule has 0 aliphatic carbocycles. The van der Waals surface area contributed by atoms with E-state index in [-0.39, 0.29) is 0 Å². The molecule has 0 spiro atoms. The highest BCUT2D eigenvalue weighted by molar-refractivity contribution is 6.17. The fraction of sp³-hybridized carbons (Fsp3) is 0.112. The molecule has 0 bridgehead atoms. The van der Waals surface area contributed by atoms with Gasteiger partial charge in [0.05, 0.1) is 135 Å². The third kappa shape index (κ3) is 13.1. The van der Waals surface area contributed by atoms with E-state index in [0.717, 1.165) is 123 Å². The minimum absolute atomic E-state index is 0.659. The molecule has 0 unspecified atom stereocenters. The molecular formula is C125H97N9. The lowest BCUT2D eigenvalue weighted by molar-refractivity contribution is 1.08. The number of hydrogen-bond acceptors (Lipinski definition) is 3. The Morgan fingerprint density at radius 3 is 0.664 bits per heavy atom. The van der Waals surface area contributed by atoms with Crippen LogP contribution in [0.2, 0.25) is 0 Å². The Hall–Kier alpha value is -16.8. The summed E-state index contributed by atoms with van der Waals surface area (Å²) in [5.74, 6) is 0. The summed E-state index contributed by atoms with van der Waals surface area (Å²) in [6.07, 6.45) is 0. The molecule has 6 aromatic heterocycles. The van der Waals surface area contributed by atoms with Crippen molar-refractivity contribution >= 4 is 131 Å². The zero-order valence-corrected chi connectivity index (χ0v) is 77.8. The van der Waals surface area contributed by atoms with Gasteiger partial charge >= 0.3 is 0 Å². The molecule has 18 aromatic carbocycles. The Morgan fingerprint density at radius 1 is 0.157 bits per heavy atom. The second-order valence-electron chi connectivity index (χ2n) is 36.9. The predicted molar refractivity (Wildman–Crippen MR) is 562 cm³/mol. The average molecular weight is 1730 g/mol. The molecule has 6 heterocycles. The topological polar surface area (TPSA) is 101 Å². The van der Waals surface area contributed by atoms with Gasteiger partial charge in [-0.2, -0.15) is 15.8 Å². The monoisotopic (exact) mass is 1720 g/mol. The van der Waals surface area contributed by atoms with Crippen LogP contribution in [-0.4, -0.2) is 27.4 Å². The molecule has 0 atom stereocenters. The van der Waals surface area contributed by atoms with Gasteiger partial charge in [0.2, 0.25) is 0 Å². The van der Waals surface area contributed by atoms with Gasteiger partial charge < -0.3 is 27.4 Å². The first-order chi connectivity index (χ1) is 65.2. The third-order valence-electron chi connectivity index (χ3n) is 28.0. The van der Waals surface area contributed by atoms with Gasteiger partial charge in [-0.25, -0.2) is 0 Å². The van der Waals surface area contributed by atoms with E-state index in [2.05, 4.69) is 476 Å². The summed E-state index contributed by atoms with van der Waals surface area (Å²) in [7, 11) is 0. The molecule has 0 saturated carbocycles. The minimum atomic E-state index is 0.659. The second kappa shape index (κ2) is 32.4. The van der Waals surface area contributed by atoms with Crippen molar-refractivity contribution in [3.05, 3.63) is 428 Å². The Kier molecular flexibility index (Phi) is 20.0. The van der Waals surface area contributed by atoms with Crippen molar-refractivity contribution in [3.63, 3.8) is 0 Å². The van der Waals surface area contributed by atoms with E-state index in [0.29, 0.717) is 16.7 Å². The number of hydrogen-bond donors (Lipinski definition) is 0. The van der Waals surface area contributed by atoms with Gasteiger partial charge in [-0.15, -0.1) is 0 Å². The van der Waals surface area contributed by atoms with Crippen LogP contribution in [0.15, 0.2) is 334 Å². The van der Waals surface area contributed by atoms with Crippen molar-refractivity contribution in [3.8, 4) is 85.7 Å². The number of fused-ring (bicyclic) bond motifs is 18. The maximum Gasteiger partial charge on any atom is 0.0998 e. The third-order valence-corrected chi connectivity index (χ3v) is 28.0. The van der Waals surface area contributed by atoms with Crippen LogP contribution >= 0.6 is 0 Å². The maximum atomic E-state index is 10.8. The lowest BCUT2D eigenvalue weighted by Crippen LogP contribution is -2.07.